The van der Waals surface area contributed by atoms with Crippen molar-refractivity contribution in [3.63, 3.8) is 0 Å². The third-order valence-electron chi connectivity index (χ3n) is 7.31. The average molecular weight is 306 g/mol. The van der Waals surface area contributed by atoms with Crippen LogP contribution in [0.25, 0.3) is 6.08 Å². The molecule has 0 heterocycles. The van der Waals surface area contributed by atoms with Crippen molar-refractivity contribution in [2.45, 2.75) is 65.2 Å². The fourth-order valence-corrected chi connectivity index (χ4v) is 6.22. The van der Waals surface area contributed by atoms with E-state index in [1.807, 2.05) is 0 Å². The van der Waals surface area contributed by atoms with Crippen molar-refractivity contribution in [3.05, 3.63) is 52.6 Å². The average Bonchev–Trinajstić information content (AvgIpc) is 2.91. The summed E-state index contributed by atoms with van der Waals surface area (Å²) >= 11 is 0. The molecule has 2 fully saturated rings. The van der Waals surface area contributed by atoms with E-state index in [9.17, 15) is 0 Å². The lowest BCUT2D eigenvalue weighted by atomic mass is 9.55. The van der Waals surface area contributed by atoms with E-state index < -0.39 is 0 Å². The number of aryl methyl sites for hydroxylation is 1. The molecule has 0 aliphatic heterocycles. The molecule has 0 heteroatoms. The van der Waals surface area contributed by atoms with E-state index in [1.165, 1.54) is 44.1 Å². The minimum absolute atomic E-state index is 0.512. The summed E-state index contributed by atoms with van der Waals surface area (Å²) in [7, 11) is 0. The molecule has 2 saturated carbocycles. The van der Waals surface area contributed by atoms with E-state index in [2.05, 4.69) is 57.2 Å². The Morgan fingerprint density at radius 2 is 1.96 bits per heavy atom. The van der Waals surface area contributed by atoms with Crippen LogP contribution >= 0.6 is 0 Å². The maximum absolute atomic E-state index is 2.57. The first-order valence-electron chi connectivity index (χ1n) is 9.58. The molecule has 0 N–H and O–H groups in total. The Morgan fingerprint density at radius 1 is 1.09 bits per heavy atom. The summed E-state index contributed by atoms with van der Waals surface area (Å²) in [6, 6.07) is 7.24. The van der Waals surface area contributed by atoms with Crippen LogP contribution in [0, 0.1) is 17.3 Å². The zero-order valence-electron chi connectivity index (χ0n) is 14.9. The summed E-state index contributed by atoms with van der Waals surface area (Å²) in [5.41, 5.74) is 6.97. The van der Waals surface area contributed by atoms with Crippen LogP contribution in [0.5, 0.6) is 0 Å². The Hall–Kier alpha value is -1.30. The van der Waals surface area contributed by atoms with Crippen molar-refractivity contribution in [3.8, 4) is 0 Å². The van der Waals surface area contributed by atoms with E-state index in [0.717, 1.165) is 17.8 Å². The molecule has 4 atom stereocenters. The van der Waals surface area contributed by atoms with E-state index in [4.69, 9.17) is 0 Å². The molecule has 4 rings (SSSR count). The molecule has 3 aliphatic carbocycles. The highest BCUT2D eigenvalue weighted by Gasteiger charge is 2.52. The van der Waals surface area contributed by atoms with Crippen molar-refractivity contribution < 1.29 is 0 Å². The molecule has 1 aromatic rings. The molecular weight excluding hydrogens is 276 g/mol. The molecule has 0 unspecified atom stereocenters. The van der Waals surface area contributed by atoms with Crippen LogP contribution < -0.4 is 0 Å². The van der Waals surface area contributed by atoms with Gasteiger partial charge in [-0.05, 0) is 92.2 Å². The van der Waals surface area contributed by atoms with Crippen LogP contribution in [0.15, 0.2) is 35.9 Å². The highest BCUT2D eigenvalue weighted by Crippen LogP contribution is 2.62. The summed E-state index contributed by atoms with van der Waals surface area (Å²) in [5, 5.41) is 0. The number of allylic oxidation sites excluding steroid dienone is 3. The van der Waals surface area contributed by atoms with E-state index in [0.29, 0.717) is 5.41 Å². The van der Waals surface area contributed by atoms with Gasteiger partial charge >= 0.3 is 0 Å². The van der Waals surface area contributed by atoms with Crippen molar-refractivity contribution >= 4 is 6.08 Å². The van der Waals surface area contributed by atoms with Gasteiger partial charge in [0.15, 0.2) is 0 Å². The Morgan fingerprint density at radius 3 is 2.74 bits per heavy atom. The van der Waals surface area contributed by atoms with Gasteiger partial charge in [0.2, 0.25) is 0 Å². The normalized spacial score (nSPS) is 37.7. The maximum atomic E-state index is 2.57. The van der Waals surface area contributed by atoms with Crippen molar-refractivity contribution in [1.82, 2.24) is 0 Å². The summed E-state index contributed by atoms with van der Waals surface area (Å²) in [6.07, 6.45) is 15.1. The first kappa shape index (κ1) is 15.2. The van der Waals surface area contributed by atoms with Gasteiger partial charge in [-0.3, -0.25) is 0 Å². The van der Waals surface area contributed by atoms with E-state index in [1.54, 1.807) is 16.7 Å². The van der Waals surface area contributed by atoms with E-state index in [-0.39, 0.29) is 0 Å². The summed E-state index contributed by atoms with van der Waals surface area (Å²) < 4.78 is 0. The summed E-state index contributed by atoms with van der Waals surface area (Å²) in [6.45, 7) is 6.94. The van der Waals surface area contributed by atoms with Gasteiger partial charge in [0.1, 0.15) is 0 Å². The second-order valence-corrected chi connectivity index (χ2v) is 8.18. The fourth-order valence-electron chi connectivity index (χ4n) is 6.22. The minimum Gasteiger partial charge on any atom is -0.0879 e. The van der Waals surface area contributed by atoms with Gasteiger partial charge in [-0.1, -0.05) is 48.9 Å². The number of hydrogen-bond donors (Lipinski definition) is 0. The maximum Gasteiger partial charge on any atom is -0.00851 e. The minimum atomic E-state index is 0.512. The standard InChI is InChI=1S/C23H30/c1-4-6-16-7-10-19-17(15-16)8-11-21-20(19)13-14-23(3)18(5-2)9-12-22(21)23/h4-7,10,15,20-22H,8-9,11-14H2,1-3H3/t20-,21-,22+,23-/m1/s1. The van der Waals surface area contributed by atoms with Crippen LogP contribution in [0.2, 0.25) is 0 Å². The van der Waals surface area contributed by atoms with Gasteiger partial charge in [0.25, 0.3) is 0 Å². The molecule has 122 valence electrons. The van der Waals surface area contributed by atoms with Crippen LogP contribution in [-0.4, -0.2) is 0 Å². The Balaban J connectivity index is 1.68. The lowest BCUT2D eigenvalue weighted by Crippen LogP contribution is -2.40. The zero-order chi connectivity index (χ0) is 16.0. The molecular formula is C23H30. The quantitative estimate of drug-likeness (QED) is 0.518. The number of fused-ring (bicyclic) bond motifs is 5. The molecule has 0 spiro atoms. The van der Waals surface area contributed by atoms with Gasteiger partial charge in [-0.15, -0.1) is 0 Å². The van der Waals surface area contributed by atoms with Crippen molar-refractivity contribution in [1.29, 1.82) is 0 Å². The summed E-state index contributed by atoms with van der Waals surface area (Å²) in [4.78, 5) is 0. The van der Waals surface area contributed by atoms with Crippen LogP contribution in [-0.2, 0) is 6.42 Å². The number of rotatable bonds is 1. The molecule has 23 heavy (non-hydrogen) atoms. The molecule has 3 aliphatic rings. The van der Waals surface area contributed by atoms with Crippen LogP contribution in [0.4, 0.5) is 0 Å². The second kappa shape index (κ2) is 5.65. The molecule has 0 bridgehead atoms. The smallest absolute Gasteiger partial charge is 0.00851 e. The Bertz CT molecular complexity index is 663. The predicted octanol–water partition coefficient (Wildman–Crippen LogP) is 6.52. The van der Waals surface area contributed by atoms with Gasteiger partial charge in [0, 0.05) is 0 Å². The first-order valence-corrected chi connectivity index (χ1v) is 9.58. The third-order valence-corrected chi connectivity index (χ3v) is 7.31. The van der Waals surface area contributed by atoms with Crippen molar-refractivity contribution in [2.75, 3.05) is 0 Å². The van der Waals surface area contributed by atoms with Gasteiger partial charge < -0.3 is 0 Å². The van der Waals surface area contributed by atoms with Crippen LogP contribution in [0.1, 0.15) is 75.5 Å². The molecule has 0 radical (unpaired) electrons. The lowest BCUT2D eigenvalue weighted by molar-refractivity contribution is 0.0813. The lowest BCUT2D eigenvalue weighted by Gasteiger charge is -2.49. The molecule has 1 aromatic carbocycles. The summed E-state index contributed by atoms with van der Waals surface area (Å²) in [5.74, 6) is 2.68. The van der Waals surface area contributed by atoms with Gasteiger partial charge in [-0.2, -0.15) is 0 Å². The van der Waals surface area contributed by atoms with Crippen molar-refractivity contribution in [2.24, 2.45) is 17.3 Å². The van der Waals surface area contributed by atoms with Crippen LogP contribution in [0.3, 0.4) is 0 Å². The Labute approximate surface area is 141 Å². The first-order chi connectivity index (χ1) is 11.2. The molecule has 0 nitrogen and oxygen atoms in total. The third kappa shape index (κ3) is 2.25. The zero-order valence-corrected chi connectivity index (χ0v) is 14.9. The highest BCUT2D eigenvalue weighted by molar-refractivity contribution is 5.53. The van der Waals surface area contributed by atoms with E-state index >= 15 is 0 Å². The molecule has 0 saturated heterocycles. The SMILES string of the molecule is CC=Cc1ccc2c(c1)CC[C@@H]1[C@@H]2CC[C@]2(C)C(=CC)CC[C@@H]12. The topological polar surface area (TPSA) is 0 Å². The fraction of sp³-hybridized carbons (Fsp3) is 0.565. The number of benzene rings is 1. The monoisotopic (exact) mass is 306 g/mol. The second-order valence-electron chi connectivity index (χ2n) is 8.18. The number of hydrogen-bond acceptors (Lipinski definition) is 0. The Kier molecular flexibility index (Phi) is 3.75. The van der Waals surface area contributed by atoms with Gasteiger partial charge in [-0.25, -0.2) is 0 Å². The largest absolute Gasteiger partial charge is 0.0879 e. The predicted molar refractivity (Wildman–Crippen MR) is 99.5 cm³/mol. The highest BCUT2D eigenvalue weighted by atomic mass is 14.6. The van der Waals surface area contributed by atoms with Gasteiger partial charge in [0.05, 0.1) is 0 Å². The molecule has 0 amide bonds. The molecule has 0 aromatic heterocycles.